The lowest BCUT2D eigenvalue weighted by atomic mass is 9.86. The highest BCUT2D eigenvalue weighted by Crippen LogP contribution is 2.45. The molecule has 3 aliphatic heterocycles. The zero-order chi connectivity index (χ0) is 15.4. The van der Waals surface area contributed by atoms with Gasteiger partial charge >= 0.3 is 0 Å². The summed E-state index contributed by atoms with van der Waals surface area (Å²) in [5.41, 5.74) is 10.2. The Kier molecular flexibility index (Phi) is 3.03. The molecule has 118 valence electrons. The van der Waals surface area contributed by atoms with Gasteiger partial charge in [-0.1, -0.05) is 0 Å². The van der Waals surface area contributed by atoms with E-state index in [-0.39, 0.29) is 25.1 Å². The Labute approximate surface area is 121 Å². The maximum absolute atomic E-state index is 10.7. The van der Waals surface area contributed by atoms with E-state index in [9.17, 15) is 15.3 Å². The molecule has 1 spiro atoms. The molecular formula is C11H20N6O4. The van der Waals surface area contributed by atoms with Gasteiger partial charge in [0.25, 0.3) is 0 Å². The van der Waals surface area contributed by atoms with Gasteiger partial charge in [-0.15, -0.1) is 0 Å². The van der Waals surface area contributed by atoms with E-state index in [1.807, 2.05) is 0 Å². The van der Waals surface area contributed by atoms with E-state index in [1.165, 1.54) is 4.90 Å². The smallest absolute Gasteiger partial charge is 0.237 e. The van der Waals surface area contributed by atoms with Crippen LogP contribution >= 0.6 is 0 Å². The van der Waals surface area contributed by atoms with E-state index in [1.54, 1.807) is 6.92 Å². The summed E-state index contributed by atoms with van der Waals surface area (Å²) in [4.78, 5) is 9.82. The van der Waals surface area contributed by atoms with Crippen LogP contribution in [0, 0.1) is 0 Å². The zero-order valence-corrected chi connectivity index (χ0v) is 11.6. The van der Waals surface area contributed by atoms with Crippen LogP contribution in [0.3, 0.4) is 0 Å². The SMILES string of the molecule is CCO[C@H]1CN2C(N)=N[C@@H](CO)C3N=C(N)NC32C1(O)O. The normalized spacial score (nSPS) is 40.2. The number of nitrogens with one attached hydrogen (secondary N) is 1. The average Bonchev–Trinajstić information content (AvgIpc) is 2.88. The lowest BCUT2D eigenvalue weighted by Gasteiger charge is -2.48. The fourth-order valence-electron chi connectivity index (χ4n) is 3.42. The number of guanidine groups is 2. The van der Waals surface area contributed by atoms with E-state index in [4.69, 9.17) is 16.2 Å². The number of ether oxygens (including phenoxy) is 1. The first-order chi connectivity index (χ1) is 9.88. The molecule has 0 saturated carbocycles. The molecule has 0 aliphatic carbocycles. The third-order valence-corrected chi connectivity index (χ3v) is 4.30. The lowest BCUT2D eigenvalue weighted by molar-refractivity contribution is -0.265. The van der Waals surface area contributed by atoms with Crippen molar-refractivity contribution in [1.29, 1.82) is 0 Å². The number of nitrogens with zero attached hydrogens (tertiary/aromatic N) is 3. The molecule has 2 unspecified atom stereocenters. The second-order valence-electron chi connectivity index (χ2n) is 5.37. The highest BCUT2D eigenvalue weighted by molar-refractivity contribution is 5.87. The number of rotatable bonds is 3. The Bertz CT molecular complexity index is 509. The van der Waals surface area contributed by atoms with Crippen molar-refractivity contribution >= 4 is 11.9 Å². The molecule has 3 heterocycles. The fourth-order valence-corrected chi connectivity index (χ4v) is 3.42. The molecule has 1 fully saturated rings. The van der Waals surface area contributed by atoms with Gasteiger partial charge in [0.1, 0.15) is 18.2 Å². The molecule has 8 N–H and O–H groups in total. The summed E-state index contributed by atoms with van der Waals surface area (Å²) < 4.78 is 5.42. The van der Waals surface area contributed by atoms with Crippen molar-refractivity contribution in [3.05, 3.63) is 0 Å². The zero-order valence-electron chi connectivity index (χ0n) is 11.6. The van der Waals surface area contributed by atoms with Gasteiger partial charge in [-0.2, -0.15) is 0 Å². The molecule has 0 bridgehead atoms. The lowest BCUT2D eigenvalue weighted by Crippen LogP contribution is -2.77. The minimum Gasteiger partial charge on any atom is -0.394 e. The van der Waals surface area contributed by atoms with Crippen molar-refractivity contribution in [3.63, 3.8) is 0 Å². The Morgan fingerprint density at radius 3 is 2.76 bits per heavy atom. The molecule has 21 heavy (non-hydrogen) atoms. The summed E-state index contributed by atoms with van der Waals surface area (Å²) in [5, 5.41) is 33.7. The maximum atomic E-state index is 10.7. The first-order valence-corrected chi connectivity index (χ1v) is 6.78. The highest BCUT2D eigenvalue weighted by Gasteiger charge is 2.73. The molecule has 1 saturated heterocycles. The topological polar surface area (TPSA) is 162 Å². The van der Waals surface area contributed by atoms with E-state index < -0.39 is 29.6 Å². The van der Waals surface area contributed by atoms with Crippen LogP contribution in [-0.4, -0.2) is 81.5 Å². The number of hydrogen-bond acceptors (Lipinski definition) is 10. The van der Waals surface area contributed by atoms with E-state index in [0.29, 0.717) is 6.61 Å². The predicted molar refractivity (Wildman–Crippen MR) is 73.1 cm³/mol. The van der Waals surface area contributed by atoms with E-state index in [2.05, 4.69) is 15.3 Å². The average molecular weight is 300 g/mol. The van der Waals surface area contributed by atoms with Crippen molar-refractivity contribution in [1.82, 2.24) is 10.2 Å². The van der Waals surface area contributed by atoms with Crippen LogP contribution in [0.1, 0.15) is 6.92 Å². The summed E-state index contributed by atoms with van der Waals surface area (Å²) in [6, 6.07) is -1.50. The van der Waals surface area contributed by atoms with Crippen LogP contribution in [0.2, 0.25) is 0 Å². The molecule has 0 aromatic heterocycles. The molecule has 10 heteroatoms. The van der Waals surface area contributed by atoms with Crippen molar-refractivity contribution < 1.29 is 20.1 Å². The van der Waals surface area contributed by atoms with Crippen molar-refractivity contribution in [2.24, 2.45) is 21.5 Å². The second kappa shape index (κ2) is 4.44. The first-order valence-electron chi connectivity index (χ1n) is 6.78. The first kappa shape index (κ1) is 14.3. The van der Waals surface area contributed by atoms with Crippen LogP contribution in [0.4, 0.5) is 0 Å². The minimum absolute atomic E-state index is 0.0398. The van der Waals surface area contributed by atoms with Gasteiger partial charge in [0.05, 0.1) is 13.2 Å². The third kappa shape index (κ3) is 1.61. The standard InChI is InChI=1S/C11H20N6O4/c1-2-21-6-3-17-9(13)14-5(4-18)7-10(17,11(6,19)20)16-8(12)15-7/h5-7,18-20H,2-4H2,1H3,(H2,13,14)(H3,12,15,16)/t5-,6-,7?,10?/m0/s1. The number of aliphatic hydroxyl groups is 3. The van der Waals surface area contributed by atoms with Crippen LogP contribution in [0.15, 0.2) is 9.98 Å². The van der Waals surface area contributed by atoms with Crippen LogP contribution in [0.5, 0.6) is 0 Å². The third-order valence-electron chi connectivity index (χ3n) is 4.30. The number of nitrogens with two attached hydrogens (primary N) is 2. The van der Waals surface area contributed by atoms with Gasteiger partial charge in [-0.25, -0.2) is 9.98 Å². The Morgan fingerprint density at radius 1 is 1.43 bits per heavy atom. The monoisotopic (exact) mass is 300 g/mol. The van der Waals surface area contributed by atoms with Gasteiger partial charge in [-0.05, 0) is 6.92 Å². The highest BCUT2D eigenvalue weighted by atomic mass is 16.6. The van der Waals surface area contributed by atoms with Gasteiger partial charge < -0.3 is 41.7 Å². The van der Waals surface area contributed by atoms with Crippen LogP contribution < -0.4 is 16.8 Å². The Balaban J connectivity index is 2.11. The number of aliphatic hydroxyl groups excluding tert-OH is 1. The summed E-state index contributed by atoms with van der Waals surface area (Å²) in [6.07, 6.45) is -0.912. The Hall–Kier alpha value is -1.62. The molecule has 0 aromatic carbocycles. The number of hydrogen-bond donors (Lipinski definition) is 6. The Morgan fingerprint density at radius 2 is 2.14 bits per heavy atom. The molecule has 0 aromatic rings. The van der Waals surface area contributed by atoms with Crippen molar-refractivity contribution in [2.45, 2.75) is 36.6 Å². The van der Waals surface area contributed by atoms with Gasteiger partial charge in [0.2, 0.25) is 5.79 Å². The summed E-state index contributed by atoms with van der Waals surface area (Å²) in [5.74, 6) is -2.18. The van der Waals surface area contributed by atoms with E-state index >= 15 is 0 Å². The second-order valence-corrected chi connectivity index (χ2v) is 5.37. The molecular weight excluding hydrogens is 280 g/mol. The summed E-state index contributed by atoms with van der Waals surface area (Å²) >= 11 is 0. The quantitative estimate of drug-likeness (QED) is 0.288. The number of aliphatic imine (C=N–C) groups is 2. The molecule has 0 amide bonds. The fraction of sp³-hybridized carbons (Fsp3) is 0.818. The molecule has 0 radical (unpaired) electrons. The van der Waals surface area contributed by atoms with Crippen molar-refractivity contribution in [3.8, 4) is 0 Å². The molecule has 3 aliphatic rings. The van der Waals surface area contributed by atoms with Gasteiger partial charge in [0, 0.05) is 6.61 Å². The largest absolute Gasteiger partial charge is 0.394 e. The minimum atomic E-state index is -2.30. The summed E-state index contributed by atoms with van der Waals surface area (Å²) in [6.45, 7) is 1.85. The molecule has 3 rings (SSSR count). The van der Waals surface area contributed by atoms with Gasteiger partial charge in [0.15, 0.2) is 17.6 Å². The molecule has 4 atom stereocenters. The maximum Gasteiger partial charge on any atom is 0.237 e. The van der Waals surface area contributed by atoms with Crippen molar-refractivity contribution in [2.75, 3.05) is 19.8 Å². The van der Waals surface area contributed by atoms with E-state index in [0.717, 1.165) is 0 Å². The summed E-state index contributed by atoms with van der Waals surface area (Å²) in [7, 11) is 0. The predicted octanol–water partition coefficient (Wildman–Crippen LogP) is -3.94. The van der Waals surface area contributed by atoms with Crippen LogP contribution in [-0.2, 0) is 4.74 Å². The van der Waals surface area contributed by atoms with Gasteiger partial charge in [-0.3, -0.25) is 0 Å². The van der Waals surface area contributed by atoms with Crippen LogP contribution in [0.25, 0.3) is 0 Å². The molecule has 10 nitrogen and oxygen atoms in total.